The summed E-state index contributed by atoms with van der Waals surface area (Å²) < 4.78 is 50.8. The molecule has 322 valence electrons. The van der Waals surface area contributed by atoms with E-state index in [1.165, 1.54) is 0 Å². The normalized spacial score (nSPS) is 11.9. The molecule has 0 rings (SSSR count). The summed E-state index contributed by atoms with van der Waals surface area (Å²) in [6.45, 7) is 42.4. The summed E-state index contributed by atoms with van der Waals surface area (Å²) in [5.74, 6) is 0. The lowest BCUT2D eigenvalue weighted by atomic mass is 10.5. The third-order valence-electron chi connectivity index (χ3n) is 6.69. The van der Waals surface area contributed by atoms with Crippen molar-refractivity contribution in [1.82, 2.24) is 0 Å². The second-order valence-corrected chi connectivity index (χ2v) is 36.7. The summed E-state index contributed by atoms with van der Waals surface area (Å²) in [5, 5.41) is 0. The summed E-state index contributed by atoms with van der Waals surface area (Å²) in [6, 6.07) is 3.05. The molecule has 10 nitrogen and oxygen atoms in total. The van der Waals surface area contributed by atoms with Crippen molar-refractivity contribution in [3.63, 3.8) is 0 Å². The van der Waals surface area contributed by atoms with E-state index in [1.54, 1.807) is 25.3 Å². The molecule has 0 aliphatic carbocycles. The van der Waals surface area contributed by atoms with Gasteiger partial charge in [-0.15, -0.1) is 19.7 Å². The maximum Gasteiger partial charge on any atom is 0.311 e. The van der Waals surface area contributed by atoms with Crippen LogP contribution in [0, 0.1) is 0 Å². The van der Waals surface area contributed by atoms with Crippen molar-refractivity contribution >= 4 is 41.8 Å². The maximum absolute atomic E-state index is 9.54. The van der Waals surface area contributed by atoms with Crippen molar-refractivity contribution < 1.29 is 45.9 Å². The molecule has 1 N–H and O–H groups in total. The van der Waals surface area contributed by atoms with Crippen LogP contribution < -0.4 is 0 Å². The van der Waals surface area contributed by atoms with E-state index in [1.807, 2.05) is 13.1 Å². The van der Waals surface area contributed by atoms with Crippen LogP contribution >= 0.6 is 0 Å². The summed E-state index contributed by atoms with van der Waals surface area (Å²) in [4.78, 5) is 9.54. The fourth-order valence-electron chi connectivity index (χ4n) is 4.42. The predicted octanol–water partition coefficient (Wildman–Crippen LogP) is 9.88. The van der Waals surface area contributed by atoms with Gasteiger partial charge in [0.15, 0.2) is 33.3 Å². The maximum atomic E-state index is 9.54. The minimum atomic E-state index is -2.17. The summed E-state index contributed by atoms with van der Waals surface area (Å²) >= 11 is 0. The number of rotatable bonds is 32. The quantitative estimate of drug-likeness (QED) is 0.0400. The zero-order valence-electron chi connectivity index (χ0n) is 35.2. The van der Waals surface area contributed by atoms with Crippen molar-refractivity contribution in [2.45, 2.75) is 124 Å². The molecule has 0 atom stereocenters. The van der Waals surface area contributed by atoms with E-state index in [9.17, 15) is 4.80 Å². The molecule has 0 aliphatic heterocycles. The Morgan fingerprint density at radius 3 is 0.962 bits per heavy atom. The standard InChI is InChI=1S/C22H48O6Si3.C10H22O3Si.C4H12OSi.2CH4/c1-9-13-23-17-19-25-15-11-21-29(3,4)27-31(7,8)28-30(5,6)22-12-16-26-20-18-24-14-10-2;1-4-6-12-8-9-13-7-5-10-14(2,3)11;1-5-6(2,3)4;;/h9-10H,1-2,11-22H2,3-8H3;4,11H,1,5-10H2,2-3H3;1-4H3;2*1H4. The largest absolute Gasteiger partial charge is 0.437 e. The van der Waals surface area contributed by atoms with Crippen LogP contribution in [0.3, 0.4) is 0 Å². The molecule has 0 aliphatic rings. The summed E-state index contributed by atoms with van der Waals surface area (Å²) in [5.41, 5.74) is 0. The zero-order chi connectivity index (χ0) is 39.7. The molecule has 53 heavy (non-hydrogen) atoms. The van der Waals surface area contributed by atoms with Crippen LogP contribution in [0.2, 0.25) is 90.1 Å². The van der Waals surface area contributed by atoms with Crippen molar-refractivity contribution in [3.8, 4) is 0 Å². The second-order valence-electron chi connectivity index (χ2n) is 15.5. The van der Waals surface area contributed by atoms with E-state index in [0.717, 1.165) is 50.6 Å². The van der Waals surface area contributed by atoms with Gasteiger partial charge in [0.05, 0.1) is 59.5 Å². The monoisotopic (exact) mass is 847 g/mol. The van der Waals surface area contributed by atoms with Crippen molar-refractivity contribution in [2.24, 2.45) is 0 Å². The zero-order valence-corrected chi connectivity index (χ0v) is 40.2. The van der Waals surface area contributed by atoms with Gasteiger partial charge in [-0.05, 0) is 109 Å². The van der Waals surface area contributed by atoms with Gasteiger partial charge in [-0.25, -0.2) is 0 Å². The topological polar surface area (TPSA) is 103 Å². The van der Waals surface area contributed by atoms with E-state index >= 15 is 0 Å². The molecule has 0 heterocycles. The van der Waals surface area contributed by atoms with E-state index in [4.69, 9.17) is 41.1 Å². The third-order valence-corrected chi connectivity index (χ3v) is 21.0. The van der Waals surface area contributed by atoms with Crippen LogP contribution in [0.1, 0.15) is 34.1 Å². The lowest BCUT2D eigenvalue weighted by Gasteiger charge is -2.38. The Balaban J connectivity index is -0.000000289. The average Bonchev–Trinajstić information content (AvgIpc) is 2.99. The van der Waals surface area contributed by atoms with Crippen molar-refractivity contribution in [3.05, 3.63) is 38.0 Å². The molecule has 0 spiro atoms. The first-order valence-electron chi connectivity index (χ1n) is 18.6. The molecule has 0 saturated carbocycles. The van der Waals surface area contributed by atoms with Crippen LogP contribution in [0.15, 0.2) is 38.0 Å². The first kappa shape index (κ1) is 62.1. The molecule has 0 aromatic heterocycles. The summed E-state index contributed by atoms with van der Waals surface area (Å²) in [7, 11) is -6.98. The lowest BCUT2D eigenvalue weighted by Crippen LogP contribution is -2.52. The van der Waals surface area contributed by atoms with Gasteiger partial charge in [-0.2, -0.15) is 0 Å². The molecule has 0 saturated heterocycles. The molecule has 0 fully saturated rings. The Kier molecular flexibility index (Phi) is 43.9. The van der Waals surface area contributed by atoms with Gasteiger partial charge in [0.2, 0.25) is 0 Å². The Hall–Kier alpha value is -0.0956. The Morgan fingerprint density at radius 1 is 0.453 bits per heavy atom. The minimum absolute atomic E-state index is 0. The van der Waals surface area contributed by atoms with Crippen molar-refractivity contribution in [1.29, 1.82) is 0 Å². The average molecular weight is 848 g/mol. The van der Waals surface area contributed by atoms with Crippen LogP contribution in [0.4, 0.5) is 0 Å². The van der Waals surface area contributed by atoms with Gasteiger partial charge in [0, 0.05) is 26.9 Å². The molecule has 0 bridgehead atoms. The van der Waals surface area contributed by atoms with Gasteiger partial charge < -0.3 is 45.9 Å². The molecule has 0 aromatic carbocycles. The number of ether oxygens (including phenoxy) is 6. The SMILES string of the molecule is C.C.C=CCOCCOCCC[Si](C)(C)O.C=CCOCCOCCC[Si](C)(C)O[Si](C)(C)O[Si](C)(C)CCCOCCOCC=C.CO[Si](C)(C)C. The molecule has 15 heteroatoms. The summed E-state index contributed by atoms with van der Waals surface area (Å²) in [6.07, 6.45) is 8.19. The third kappa shape index (κ3) is 56.3. The van der Waals surface area contributed by atoms with E-state index < -0.39 is 41.8 Å². The molecule has 0 unspecified atom stereocenters. The Labute approximate surface area is 335 Å². The molecule has 0 radical (unpaired) electrons. The number of hydrogen-bond donors (Lipinski definition) is 1. The van der Waals surface area contributed by atoms with E-state index in [2.05, 4.69) is 78.7 Å². The smallest absolute Gasteiger partial charge is 0.311 e. The molecule has 0 aromatic rings. The predicted molar refractivity (Wildman–Crippen MR) is 242 cm³/mol. The number of hydrogen-bond acceptors (Lipinski definition) is 10. The van der Waals surface area contributed by atoms with Crippen LogP contribution in [-0.4, -0.2) is 133 Å². The lowest BCUT2D eigenvalue weighted by molar-refractivity contribution is 0.0584. The molecular weight excluding hydrogens is 757 g/mol. The van der Waals surface area contributed by atoms with Crippen LogP contribution in [0.5, 0.6) is 0 Å². The second kappa shape index (κ2) is 37.5. The highest BCUT2D eigenvalue weighted by molar-refractivity contribution is 6.87. The Bertz CT molecular complexity index is 780. The van der Waals surface area contributed by atoms with Gasteiger partial charge in [0.25, 0.3) is 0 Å². The molecular formula is C38H90O10Si5. The van der Waals surface area contributed by atoms with Crippen LogP contribution in [-0.2, 0) is 41.1 Å². The van der Waals surface area contributed by atoms with E-state index in [0.29, 0.717) is 66.1 Å². The van der Waals surface area contributed by atoms with E-state index in [-0.39, 0.29) is 14.9 Å². The minimum Gasteiger partial charge on any atom is -0.437 e. The Morgan fingerprint density at radius 2 is 0.717 bits per heavy atom. The first-order valence-corrected chi connectivity index (χ1v) is 34.2. The highest BCUT2D eigenvalue weighted by Gasteiger charge is 2.39. The highest BCUT2D eigenvalue weighted by Crippen LogP contribution is 2.26. The van der Waals surface area contributed by atoms with Crippen LogP contribution in [0.25, 0.3) is 0 Å². The fraction of sp³-hybridized carbons (Fsp3) is 0.842. The fourth-order valence-corrected chi connectivity index (χ4v) is 19.4. The van der Waals surface area contributed by atoms with Gasteiger partial charge >= 0.3 is 8.56 Å². The van der Waals surface area contributed by atoms with Gasteiger partial charge in [-0.1, -0.05) is 33.1 Å². The van der Waals surface area contributed by atoms with Gasteiger partial charge in [-0.3, -0.25) is 0 Å². The first-order chi connectivity index (χ1) is 23.7. The van der Waals surface area contributed by atoms with Crippen molar-refractivity contribution in [2.75, 3.05) is 86.4 Å². The highest BCUT2D eigenvalue weighted by atomic mass is 28.5. The molecule has 0 amide bonds. The van der Waals surface area contributed by atoms with Gasteiger partial charge in [0.1, 0.15) is 0 Å².